The van der Waals surface area contributed by atoms with E-state index in [0.717, 1.165) is 12.8 Å². The first-order valence-electron chi connectivity index (χ1n) is 4.79. The molecule has 1 amide bonds. The fraction of sp³-hybridized carbons (Fsp3) is 0.700. The number of hydrogen-bond donors (Lipinski definition) is 2. The summed E-state index contributed by atoms with van der Waals surface area (Å²) in [7, 11) is 0. The molecule has 3 heteroatoms. The summed E-state index contributed by atoms with van der Waals surface area (Å²) < 4.78 is 0. The number of carbonyl (C=O) groups is 1. The number of rotatable bonds is 5. The normalized spacial score (nSPS) is 12.0. The molecule has 0 rings (SSSR count). The monoisotopic (exact) mass is 184 g/mol. The van der Waals surface area contributed by atoms with Gasteiger partial charge < -0.3 is 11.1 Å². The Morgan fingerprint density at radius 3 is 2.31 bits per heavy atom. The van der Waals surface area contributed by atoms with Crippen molar-refractivity contribution in [2.45, 2.75) is 39.2 Å². The van der Waals surface area contributed by atoms with Gasteiger partial charge in [-0.25, -0.2) is 0 Å². The highest BCUT2D eigenvalue weighted by Crippen LogP contribution is 2.12. The minimum absolute atomic E-state index is 0.0587. The minimum Gasteiger partial charge on any atom is -0.346 e. The number of allylic oxidation sites excluding steroid dienone is 1. The minimum atomic E-state index is -0.226. The van der Waals surface area contributed by atoms with E-state index in [1.807, 2.05) is 20.8 Å². The van der Waals surface area contributed by atoms with E-state index in [-0.39, 0.29) is 11.4 Å². The number of nitrogens with one attached hydrogen (secondary N) is 1. The third-order valence-corrected chi connectivity index (χ3v) is 2.45. The predicted molar refractivity (Wildman–Crippen MR) is 55.3 cm³/mol. The Labute approximate surface area is 80.4 Å². The first-order valence-corrected chi connectivity index (χ1v) is 4.79. The quantitative estimate of drug-likeness (QED) is 0.631. The summed E-state index contributed by atoms with van der Waals surface area (Å²) in [5.41, 5.74) is 5.41. The van der Waals surface area contributed by atoms with Gasteiger partial charge in [-0.05, 0) is 25.8 Å². The highest BCUT2D eigenvalue weighted by Gasteiger charge is 2.24. The van der Waals surface area contributed by atoms with Crippen LogP contribution in [-0.4, -0.2) is 18.0 Å². The Morgan fingerprint density at radius 2 is 2.00 bits per heavy atom. The van der Waals surface area contributed by atoms with Gasteiger partial charge in [0.2, 0.25) is 5.91 Å². The van der Waals surface area contributed by atoms with E-state index < -0.39 is 0 Å². The molecule has 0 fully saturated rings. The van der Waals surface area contributed by atoms with Gasteiger partial charge in [0.05, 0.1) is 5.54 Å². The first-order chi connectivity index (χ1) is 6.14. The smallest absolute Gasteiger partial charge is 0.244 e. The highest BCUT2D eigenvalue weighted by molar-refractivity contribution is 5.88. The van der Waals surface area contributed by atoms with E-state index in [4.69, 9.17) is 5.73 Å². The van der Waals surface area contributed by atoms with Crippen LogP contribution in [0.4, 0.5) is 0 Å². The molecular formula is C10H20N2O. The summed E-state index contributed by atoms with van der Waals surface area (Å²) in [6.45, 7) is 6.38. The van der Waals surface area contributed by atoms with Crippen LogP contribution in [-0.2, 0) is 4.79 Å². The van der Waals surface area contributed by atoms with Crippen LogP contribution in [0.1, 0.15) is 33.6 Å². The van der Waals surface area contributed by atoms with Crippen LogP contribution >= 0.6 is 0 Å². The van der Waals surface area contributed by atoms with Crippen LogP contribution in [0.2, 0.25) is 0 Å². The molecule has 0 heterocycles. The maximum absolute atomic E-state index is 11.3. The average Bonchev–Trinajstić information content (AvgIpc) is 2.15. The molecule has 0 unspecified atom stereocenters. The van der Waals surface area contributed by atoms with Crippen molar-refractivity contribution in [2.75, 3.05) is 6.54 Å². The number of nitrogens with two attached hydrogens (primary N) is 1. The van der Waals surface area contributed by atoms with Crippen LogP contribution in [0.25, 0.3) is 0 Å². The molecule has 0 spiro atoms. The second-order valence-corrected chi connectivity index (χ2v) is 3.18. The first kappa shape index (κ1) is 12.2. The van der Waals surface area contributed by atoms with Crippen molar-refractivity contribution in [1.29, 1.82) is 0 Å². The Hall–Kier alpha value is -0.830. The van der Waals surface area contributed by atoms with Crippen molar-refractivity contribution in [1.82, 2.24) is 5.32 Å². The Morgan fingerprint density at radius 1 is 1.46 bits per heavy atom. The van der Waals surface area contributed by atoms with Crippen LogP contribution in [0, 0.1) is 0 Å². The lowest BCUT2D eigenvalue weighted by atomic mass is 9.93. The van der Waals surface area contributed by atoms with Gasteiger partial charge in [-0.2, -0.15) is 0 Å². The van der Waals surface area contributed by atoms with Crippen molar-refractivity contribution in [3.05, 3.63) is 12.2 Å². The summed E-state index contributed by atoms with van der Waals surface area (Å²) >= 11 is 0. The SMILES string of the molecule is CC=CC(=O)NC(CC)(CC)CN. The van der Waals surface area contributed by atoms with Gasteiger partial charge in [0.1, 0.15) is 0 Å². The summed E-state index contributed by atoms with van der Waals surface area (Å²) in [6, 6.07) is 0. The van der Waals surface area contributed by atoms with Gasteiger partial charge >= 0.3 is 0 Å². The number of hydrogen-bond acceptors (Lipinski definition) is 2. The molecule has 0 aliphatic heterocycles. The van der Waals surface area contributed by atoms with E-state index >= 15 is 0 Å². The summed E-state index contributed by atoms with van der Waals surface area (Å²) in [5.74, 6) is -0.0587. The van der Waals surface area contributed by atoms with E-state index in [2.05, 4.69) is 5.32 Å². The second kappa shape index (κ2) is 5.75. The van der Waals surface area contributed by atoms with Gasteiger partial charge in [-0.15, -0.1) is 0 Å². The molecule has 0 aromatic carbocycles. The van der Waals surface area contributed by atoms with E-state index in [1.165, 1.54) is 6.08 Å². The molecule has 0 aliphatic rings. The largest absolute Gasteiger partial charge is 0.346 e. The van der Waals surface area contributed by atoms with Crippen LogP contribution < -0.4 is 11.1 Å². The summed E-state index contributed by atoms with van der Waals surface area (Å²) in [5, 5.41) is 2.93. The zero-order chi connectivity index (χ0) is 10.3. The zero-order valence-electron chi connectivity index (χ0n) is 8.76. The molecule has 0 aliphatic carbocycles. The van der Waals surface area contributed by atoms with Crippen molar-refractivity contribution in [3.63, 3.8) is 0 Å². The summed E-state index contributed by atoms with van der Waals surface area (Å²) in [4.78, 5) is 11.3. The number of amides is 1. The number of carbonyl (C=O) groups excluding carboxylic acids is 1. The van der Waals surface area contributed by atoms with Crippen molar-refractivity contribution in [3.8, 4) is 0 Å². The molecule has 0 atom stereocenters. The van der Waals surface area contributed by atoms with Crippen molar-refractivity contribution < 1.29 is 4.79 Å². The Kier molecular flexibility index (Phi) is 5.39. The molecule has 0 saturated heterocycles. The third kappa shape index (κ3) is 3.59. The average molecular weight is 184 g/mol. The fourth-order valence-electron chi connectivity index (χ4n) is 1.22. The maximum Gasteiger partial charge on any atom is 0.244 e. The topological polar surface area (TPSA) is 55.1 Å². The molecule has 0 bridgehead atoms. The Bertz CT molecular complexity index is 175. The summed E-state index contributed by atoms with van der Waals surface area (Å²) in [6.07, 6.45) is 4.98. The lowest BCUT2D eigenvalue weighted by Gasteiger charge is -2.30. The standard InChI is InChI=1S/C10H20N2O/c1-4-7-9(13)12-10(5-2,6-3)8-11/h4,7H,5-6,8,11H2,1-3H3,(H,12,13). The molecule has 3 N–H and O–H groups in total. The van der Waals surface area contributed by atoms with E-state index in [0.29, 0.717) is 6.54 Å². The lowest BCUT2D eigenvalue weighted by molar-refractivity contribution is -0.118. The van der Waals surface area contributed by atoms with E-state index in [1.54, 1.807) is 6.08 Å². The zero-order valence-corrected chi connectivity index (χ0v) is 8.76. The van der Waals surface area contributed by atoms with Gasteiger partial charge in [0.25, 0.3) is 0 Å². The maximum atomic E-state index is 11.3. The molecule has 0 aromatic rings. The molecule has 0 radical (unpaired) electrons. The second-order valence-electron chi connectivity index (χ2n) is 3.18. The third-order valence-electron chi connectivity index (χ3n) is 2.45. The van der Waals surface area contributed by atoms with Gasteiger partial charge in [-0.3, -0.25) is 4.79 Å². The molecule has 0 saturated carbocycles. The Balaban J connectivity index is 4.32. The van der Waals surface area contributed by atoms with Crippen molar-refractivity contribution in [2.24, 2.45) is 5.73 Å². The predicted octanol–water partition coefficient (Wildman–Crippen LogP) is 1.20. The van der Waals surface area contributed by atoms with Gasteiger partial charge in [0.15, 0.2) is 0 Å². The van der Waals surface area contributed by atoms with Crippen molar-refractivity contribution >= 4 is 5.91 Å². The van der Waals surface area contributed by atoms with Crippen LogP contribution in [0.15, 0.2) is 12.2 Å². The molecule has 76 valence electrons. The van der Waals surface area contributed by atoms with Crippen LogP contribution in [0.5, 0.6) is 0 Å². The van der Waals surface area contributed by atoms with Gasteiger partial charge in [0, 0.05) is 6.54 Å². The van der Waals surface area contributed by atoms with Crippen LogP contribution in [0.3, 0.4) is 0 Å². The van der Waals surface area contributed by atoms with Gasteiger partial charge in [-0.1, -0.05) is 19.9 Å². The molecule has 3 nitrogen and oxygen atoms in total. The molecule has 13 heavy (non-hydrogen) atoms. The molecule has 0 aromatic heterocycles. The fourth-order valence-corrected chi connectivity index (χ4v) is 1.22. The lowest BCUT2D eigenvalue weighted by Crippen LogP contribution is -2.52. The van der Waals surface area contributed by atoms with E-state index in [9.17, 15) is 4.79 Å². The highest BCUT2D eigenvalue weighted by atomic mass is 16.1. The molecular weight excluding hydrogens is 164 g/mol.